The Labute approximate surface area is 103 Å². The van der Waals surface area contributed by atoms with Crippen LogP contribution < -0.4 is 10.2 Å². The van der Waals surface area contributed by atoms with E-state index in [0.717, 1.165) is 16.4 Å². The third kappa shape index (κ3) is 2.71. The molecule has 1 aromatic heterocycles. The lowest BCUT2D eigenvalue weighted by molar-refractivity contribution is 0.627. The van der Waals surface area contributed by atoms with Crippen LogP contribution in [-0.4, -0.2) is 23.7 Å². The number of benzene rings is 1. The first-order valence-corrected chi connectivity index (χ1v) is 5.93. The normalized spacial score (nSPS) is 10.3. The molecule has 0 spiro atoms. The van der Waals surface area contributed by atoms with E-state index in [1.807, 2.05) is 25.1 Å². The molecule has 0 saturated heterocycles. The highest BCUT2D eigenvalue weighted by molar-refractivity contribution is 7.10. The molecule has 6 heteroatoms. The minimum Gasteiger partial charge on any atom is -0.377 e. The lowest BCUT2D eigenvalue weighted by Gasteiger charge is -2.18. The number of nitrogens with one attached hydrogen (secondary N) is 1. The number of hydrogen-bond acceptors (Lipinski definition) is 5. The Bertz CT molecular complexity index is 500. The van der Waals surface area contributed by atoms with Crippen molar-refractivity contribution >= 4 is 22.2 Å². The van der Waals surface area contributed by atoms with Gasteiger partial charge in [-0.25, -0.2) is 4.39 Å². The maximum atomic E-state index is 13.1. The first kappa shape index (κ1) is 11.8. The van der Waals surface area contributed by atoms with Gasteiger partial charge in [-0.15, -0.1) is 5.10 Å². The zero-order valence-corrected chi connectivity index (χ0v) is 10.5. The van der Waals surface area contributed by atoms with Gasteiger partial charge in [-0.3, -0.25) is 0 Å². The van der Waals surface area contributed by atoms with E-state index in [1.165, 1.54) is 23.7 Å². The van der Waals surface area contributed by atoms with Crippen LogP contribution in [0, 0.1) is 5.82 Å². The number of hydrogen-bond donors (Lipinski definition) is 1. The van der Waals surface area contributed by atoms with Crippen LogP contribution in [0.15, 0.2) is 24.3 Å². The van der Waals surface area contributed by atoms with Gasteiger partial charge >= 0.3 is 0 Å². The van der Waals surface area contributed by atoms with Crippen molar-refractivity contribution in [2.75, 3.05) is 24.3 Å². The van der Waals surface area contributed by atoms with Gasteiger partial charge in [0.25, 0.3) is 0 Å². The molecule has 0 aliphatic carbocycles. The molecular weight excluding hydrogens is 239 g/mol. The average molecular weight is 252 g/mol. The summed E-state index contributed by atoms with van der Waals surface area (Å²) in [5.74, 6) is -0.236. The molecule has 0 aliphatic rings. The van der Waals surface area contributed by atoms with Crippen molar-refractivity contribution in [3.8, 4) is 0 Å². The van der Waals surface area contributed by atoms with Gasteiger partial charge in [0.1, 0.15) is 16.5 Å². The van der Waals surface area contributed by atoms with Crippen molar-refractivity contribution in [2.24, 2.45) is 0 Å². The van der Waals surface area contributed by atoms with E-state index < -0.39 is 0 Å². The van der Waals surface area contributed by atoms with E-state index in [-0.39, 0.29) is 5.82 Å². The summed E-state index contributed by atoms with van der Waals surface area (Å²) >= 11 is 1.32. The van der Waals surface area contributed by atoms with Crippen LogP contribution in [0.4, 0.5) is 15.1 Å². The van der Waals surface area contributed by atoms with Gasteiger partial charge in [-0.05, 0) is 18.2 Å². The van der Waals surface area contributed by atoms with Crippen molar-refractivity contribution in [2.45, 2.75) is 6.54 Å². The monoisotopic (exact) mass is 252 g/mol. The Morgan fingerprint density at radius 2 is 2.29 bits per heavy atom. The maximum Gasteiger partial charge on any atom is 0.134 e. The van der Waals surface area contributed by atoms with Gasteiger partial charge in [0.2, 0.25) is 0 Å². The van der Waals surface area contributed by atoms with Crippen LogP contribution >= 0.6 is 11.5 Å². The summed E-state index contributed by atoms with van der Waals surface area (Å²) < 4.78 is 17.0. The standard InChI is InChI=1S/C11H13FN4S/c1-13-11-10(14-15-17-11)7-16(2)9-5-3-4-8(12)6-9/h3-6,13H,7H2,1-2H3. The minimum atomic E-state index is -0.236. The smallest absolute Gasteiger partial charge is 0.134 e. The quantitative estimate of drug-likeness (QED) is 0.907. The second kappa shape index (κ2) is 5.09. The molecule has 0 fully saturated rings. The van der Waals surface area contributed by atoms with Crippen molar-refractivity contribution in [1.82, 2.24) is 9.59 Å². The van der Waals surface area contributed by atoms with Crippen LogP contribution in [0.1, 0.15) is 5.69 Å². The Hall–Kier alpha value is -1.69. The van der Waals surface area contributed by atoms with E-state index >= 15 is 0 Å². The molecule has 1 N–H and O–H groups in total. The average Bonchev–Trinajstić information content (AvgIpc) is 2.76. The summed E-state index contributed by atoms with van der Waals surface area (Å²) in [5, 5.41) is 8.02. The van der Waals surface area contributed by atoms with Crippen molar-refractivity contribution in [1.29, 1.82) is 0 Å². The van der Waals surface area contributed by atoms with Gasteiger partial charge < -0.3 is 10.2 Å². The fourth-order valence-corrected chi connectivity index (χ4v) is 2.05. The number of nitrogens with zero attached hydrogens (tertiary/aromatic N) is 3. The van der Waals surface area contributed by atoms with Crippen LogP contribution in [0.25, 0.3) is 0 Å². The molecule has 0 unspecified atom stereocenters. The Morgan fingerprint density at radius 1 is 1.47 bits per heavy atom. The molecule has 1 aromatic carbocycles. The first-order valence-electron chi connectivity index (χ1n) is 5.16. The number of halogens is 1. The highest BCUT2D eigenvalue weighted by Crippen LogP contribution is 2.21. The summed E-state index contributed by atoms with van der Waals surface area (Å²) in [6.45, 7) is 0.593. The zero-order chi connectivity index (χ0) is 12.3. The van der Waals surface area contributed by atoms with Crippen LogP contribution in [0.3, 0.4) is 0 Å². The van der Waals surface area contributed by atoms with Gasteiger partial charge in [-0.1, -0.05) is 10.6 Å². The molecule has 4 nitrogen and oxygen atoms in total. The molecule has 0 aliphatic heterocycles. The van der Waals surface area contributed by atoms with E-state index in [0.29, 0.717) is 6.54 Å². The molecule has 90 valence electrons. The van der Waals surface area contributed by atoms with E-state index in [9.17, 15) is 4.39 Å². The second-order valence-corrected chi connectivity index (χ2v) is 4.39. The topological polar surface area (TPSA) is 41.1 Å². The highest BCUT2D eigenvalue weighted by Gasteiger charge is 2.10. The summed E-state index contributed by atoms with van der Waals surface area (Å²) in [4.78, 5) is 1.93. The molecule has 17 heavy (non-hydrogen) atoms. The maximum absolute atomic E-state index is 13.1. The second-order valence-electron chi connectivity index (χ2n) is 3.63. The summed E-state index contributed by atoms with van der Waals surface area (Å²) in [5.41, 5.74) is 1.68. The molecular formula is C11H13FN4S. The lowest BCUT2D eigenvalue weighted by atomic mass is 10.3. The minimum absolute atomic E-state index is 0.236. The number of aromatic nitrogens is 2. The van der Waals surface area contributed by atoms with Crippen molar-refractivity contribution in [3.63, 3.8) is 0 Å². The van der Waals surface area contributed by atoms with Gasteiger partial charge in [0, 0.05) is 31.3 Å². The number of rotatable bonds is 4. The van der Waals surface area contributed by atoms with Crippen LogP contribution in [-0.2, 0) is 6.54 Å². The molecule has 0 atom stereocenters. The zero-order valence-electron chi connectivity index (χ0n) is 9.64. The largest absolute Gasteiger partial charge is 0.377 e. The third-order valence-electron chi connectivity index (χ3n) is 2.42. The van der Waals surface area contributed by atoms with E-state index in [4.69, 9.17) is 0 Å². The molecule has 2 aromatic rings. The SMILES string of the molecule is CNc1snnc1CN(C)c1cccc(F)c1. The molecule has 0 amide bonds. The lowest BCUT2D eigenvalue weighted by Crippen LogP contribution is -2.17. The Balaban J connectivity index is 2.14. The predicted octanol–water partition coefficient (Wildman–Crippen LogP) is 2.36. The predicted molar refractivity (Wildman–Crippen MR) is 68.0 cm³/mol. The summed E-state index contributed by atoms with van der Waals surface area (Å²) in [7, 11) is 3.73. The summed E-state index contributed by atoms with van der Waals surface area (Å²) in [6, 6.07) is 6.49. The van der Waals surface area contributed by atoms with E-state index in [2.05, 4.69) is 14.9 Å². The van der Waals surface area contributed by atoms with Gasteiger partial charge in [0.15, 0.2) is 0 Å². The van der Waals surface area contributed by atoms with Crippen LogP contribution in [0.2, 0.25) is 0 Å². The molecule has 0 radical (unpaired) electrons. The molecule has 1 heterocycles. The van der Waals surface area contributed by atoms with Crippen molar-refractivity contribution < 1.29 is 4.39 Å². The van der Waals surface area contributed by atoms with Crippen LogP contribution in [0.5, 0.6) is 0 Å². The highest BCUT2D eigenvalue weighted by atomic mass is 32.1. The van der Waals surface area contributed by atoms with Crippen molar-refractivity contribution in [3.05, 3.63) is 35.8 Å². The van der Waals surface area contributed by atoms with Gasteiger partial charge in [-0.2, -0.15) is 0 Å². The third-order valence-corrected chi connectivity index (χ3v) is 3.20. The fraction of sp³-hybridized carbons (Fsp3) is 0.273. The molecule has 0 saturated carbocycles. The Morgan fingerprint density at radius 3 is 3.00 bits per heavy atom. The molecule has 0 bridgehead atoms. The van der Waals surface area contributed by atoms with E-state index in [1.54, 1.807) is 6.07 Å². The number of anilines is 2. The first-order chi connectivity index (χ1) is 8.20. The Kier molecular flexibility index (Phi) is 3.53. The fourth-order valence-electron chi connectivity index (χ4n) is 1.53. The molecule has 2 rings (SSSR count). The summed E-state index contributed by atoms with van der Waals surface area (Å²) in [6.07, 6.45) is 0. The van der Waals surface area contributed by atoms with Gasteiger partial charge in [0.05, 0.1) is 6.54 Å².